The molecule has 4 rings (SSSR count). The molecule has 3 aromatic rings. The Hall–Kier alpha value is -4.10. The van der Waals surface area contributed by atoms with E-state index in [0.717, 1.165) is 40.1 Å². The first-order chi connectivity index (χ1) is 17.8. The smallest absolute Gasteiger partial charge is 0.283 e. The van der Waals surface area contributed by atoms with Crippen molar-refractivity contribution in [1.29, 1.82) is 0 Å². The van der Waals surface area contributed by atoms with Gasteiger partial charge in [-0.2, -0.15) is 0 Å². The molecule has 190 valence electrons. The Morgan fingerprint density at radius 2 is 1.59 bits per heavy atom. The van der Waals surface area contributed by atoms with E-state index in [1.54, 1.807) is 42.5 Å². The Morgan fingerprint density at radius 1 is 0.946 bits per heavy atom. The van der Waals surface area contributed by atoms with Crippen LogP contribution in [0.1, 0.15) is 40.9 Å². The number of rotatable bonds is 8. The summed E-state index contributed by atoms with van der Waals surface area (Å²) in [6.45, 7) is 5.93. The molecule has 0 bridgehead atoms. The number of nitrogens with zero attached hydrogens (tertiary/aromatic N) is 1. The number of carbonyl (C=O) groups excluding carboxylic acids is 3. The van der Waals surface area contributed by atoms with E-state index in [1.807, 2.05) is 39.0 Å². The van der Waals surface area contributed by atoms with Crippen LogP contribution in [0.5, 0.6) is 5.75 Å². The third kappa shape index (κ3) is 5.08. The summed E-state index contributed by atoms with van der Waals surface area (Å²) in [4.78, 5) is 40.2. The number of amides is 3. The van der Waals surface area contributed by atoms with Crippen molar-refractivity contribution in [3.63, 3.8) is 0 Å². The quantitative estimate of drug-likeness (QED) is 0.368. The van der Waals surface area contributed by atoms with Gasteiger partial charge in [-0.05, 0) is 72.9 Å². The summed E-state index contributed by atoms with van der Waals surface area (Å²) in [5, 5.41) is 5.83. The predicted octanol–water partition coefficient (Wildman–Crippen LogP) is 5.82. The number of ether oxygens (including phenoxy) is 1. The van der Waals surface area contributed by atoms with Gasteiger partial charge in [-0.15, -0.1) is 0 Å². The Balaban J connectivity index is 1.59. The molecule has 3 amide bonds. The van der Waals surface area contributed by atoms with Gasteiger partial charge in [-0.1, -0.05) is 49.7 Å². The standard InChI is InChI=1S/C29H28ClN3O4/c1-5-18-8-7-9-19(6-2)25(18)32-27(34)20-11-10-17(3)23(16-20)31-26-24(30)28(35)33(29(26)36)21-12-14-22(37-4)15-13-21/h7-16,31H,5-6H2,1-4H3,(H,32,34). The molecular formula is C29H28ClN3O4. The average molecular weight is 518 g/mol. The number of benzene rings is 3. The molecule has 0 spiro atoms. The zero-order valence-corrected chi connectivity index (χ0v) is 21.9. The summed E-state index contributed by atoms with van der Waals surface area (Å²) in [6, 6.07) is 17.7. The average Bonchev–Trinajstić information content (AvgIpc) is 3.12. The highest BCUT2D eigenvalue weighted by atomic mass is 35.5. The molecule has 0 radical (unpaired) electrons. The summed E-state index contributed by atoms with van der Waals surface area (Å²) >= 11 is 6.31. The molecule has 0 aliphatic carbocycles. The molecule has 3 aromatic carbocycles. The molecule has 0 saturated heterocycles. The van der Waals surface area contributed by atoms with Crippen molar-refractivity contribution in [2.75, 3.05) is 22.6 Å². The van der Waals surface area contributed by atoms with Gasteiger partial charge < -0.3 is 15.4 Å². The van der Waals surface area contributed by atoms with E-state index in [-0.39, 0.29) is 16.6 Å². The molecule has 8 heteroatoms. The van der Waals surface area contributed by atoms with Crippen molar-refractivity contribution in [3.8, 4) is 5.75 Å². The fourth-order valence-electron chi connectivity index (χ4n) is 4.20. The van der Waals surface area contributed by atoms with Crippen LogP contribution in [-0.2, 0) is 22.4 Å². The Morgan fingerprint density at radius 3 is 2.19 bits per heavy atom. The topological polar surface area (TPSA) is 87.7 Å². The van der Waals surface area contributed by atoms with Crippen LogP contribution in [0.3, 0.4) is 0 Å². The number of anilines is 3. The lowest BCUT2D eigenvalue weighted by atomic mass is 10.0. The number of carbonyl (C=O) groups is 3. The lowest BCUT2D eigenvalue weighted by Gasteiger charge is -2.17. The number of methoxy groups -OCH3 is 1. The highest BCUT2D eigenvalue weighted by molar-refractivity contribution is 6.53. The van der Waals surface area contributed by atoms with Gasteiger partial charge in [0.1, 0.15) is 16.5 Å². The number of imide groups is 1. The number of aryl methyl sites for hydroxylation is 3. The van der Waals surface area contributed by atoms with Crippen LogP contribution >= 0.6 is 11.6 Å². The van der Waals surface area contributed by atoms with E-state index in [0.29, 0.717) is 22.7 Å². The molecule has 37 heavy (non-hydrogen) atoms. The maximum Gasteiger partial charge on any atom is 0.283 e. The first kappa shape index (κ1) is 26.0. The van der Waals surface area contributed by atoms with Crippen LogP contribution in [0.4, 0.5) is 17.1 Å². The van der Waals surface area contributed by atoms with E-state index in [4.69, 9.17) is 16.3 Å². The summed E-state index contributed by atoms with van der Waals surface area (Å²) < 4.78 is 5.14. The highest BCUT2D eigenvalue weighted by Gasteiger charge is 2.39. The summed E-state index contributed by atoms with van der Waals surface area (Å²) in [5.41, 5.74) is 4.95. The zero-order chi connectivity index (χ0) is 26.7. The van der Waals surface area contributed by atoms with E-state index in [9.17, 15) is 14.4 Å². The molecule has 1 aliphatic rings. The monoisotopic (exact) mass is 517 g/mol. The largest absolute Gasteiger partial charge is 0.497 e. The van der Waals surface area contributed by atoms with E-state index < -0.39 is 11.8 Å². The first-order valence-electron chi connectivity index (χ1n) is 12.0. The van der Waals surface area contributed by atoms with Gasteiger partial charge in [-0.25, -0.2) is 4.90 Å². The Kier molecular flexibility index (Phi) is 7.64. The van der Waals surface area contributed by atoms with Gasteiger partial charge in [0.05, 0.1) is 12.8 Å². The van der Waals surface area contributed by atoms with Gasteiger partial charge in [0.2, 0.25) is 0 Å². The minimum absolute atomic E-state index is 0.0484. The van der Waals surface area contributed by atoms with E-state index in [1.165, 1.54) is 7.11 Å². The van der Waals surface area contributed by atoms with E-state index in [2.05, 4.69) is 10.6 Å². The molecule has 2 N–H and O–H groups in total. The van der Waals surface area contributed by atoms with Crippen molar-refractivity contribution >= 4 is 46.4 Å². The Bertz CT molecular complexity index is 1390. The normalized spacial score (nSPS) is 13.3. The third-order valence-corrected chi connectivity index (χ3v) is 6.71. The molecule has 0 unspecified atom stereocenters. The summed E-state index contributed by atoms with van der Waals surface area (Å²) in [6.07, 6.45) is 1.58. The molecule has 1 heterocycles. The molecule has 0 atom stereocenters. The van der Waals surface area contributed by atoms with Crippen LogP contribution in [0.15, 0.2) is 71.4 Å². The van der Waals surface area contributed by atoms with E-state index >= 15 is 0 Å². The molecule has 0 aromatic heterocycles. The van der Waals surface area contributed by atoms with Gasteiger partial charge in [0.25, 0.3) is 17.7 Å². The summed E-state index contributed by atoms with van der Waals surface area (Å²) in [7, 11) is 1.53. The fourth-order valence-corrected chi connectivity index (χ4v) is 4.41. The van der Waals surface area contributed by atoms with Crippen LogP contribution < -0.4 is 20.3 Å². The van der Waals surface area contributed by atoms with Gasteiger partial charge in [0.15, 0.2) is 0 Å². The molecule has 1 aliphatic heterocycles. The number of hydrogen-bond donors (Lipinski definition) is 2. The number of hydrogen-bond acceptors (Lipinski definition) is 5. The zero-order valence-electron chi connectivity index (χ0n) is 21.1. The third-order valence-electron chi connectivity index (χ3n) is 6.35. The molecular weight excluding hydrogens is 490 g/mol. The van der Waals surface area contributed by atoms with Gasteiger partial charge in [0, 0.05) is 16.9 Å². The van der Waals surface area contributed by atoms with Gasteiger partial charge >= 0.3 is 0 Å². The second-order valence-corrected chi connectivity index (χ2v) is 8.98. The van der Waals surface area contributed by atoms with Crippen LogP contribution in [-0.4, -0.2) is 24.8 Å². The minimum Gasteiger partial charge on any atom is -0.497 e. The maximum absolute atomic E-state index is 13.2. The second kappa shape index (κ2) is 10.9. The van der Waals surface area contributed by atoms with Crippen molar-refractivity contribution < 1.29 is 19.1 Å². The maximum atomic E-state index is 13.2. The molecule has 0 saturated carbocycles. The van der Waals surface area contributed by atoms with Crippen molar-refractivity contribution in [3.05, 3.63) is 93.6 Å². The van der Waals surface area contributed by atoms with Crippen LogP contribution in [0.25, 0.3) is 0 Å². The second-order valence-electron chi connectivity index (χ2n) is 8.60. The summed E-state index contributed by atoms with van der Waals surface area (Å²) in [5.74, 6) is -0.890. The fraction of sp³-hybridized carbons (Fsp3) is 0.207. The molecule has 7 nitrogen and oxygen atoms in total. The van der Waals surface area contributed by atoms with Crippen molar-refractivity contribution in [1.82, 2.24) is 0 Å². The van der Waals surface area contributed by atoms with Crippen molar-refractivity contribution in [2.24, 2.45) is 0 Å². The molecule has 0 fully saturated rings. The van der Waals surface area contributed by atoms with Crippen LogP contribution in [0, 0.1) is 6.92 Å². The SMILES string of the molecule is CCc1cccc(CC)c1NC(=O)c1ccc(C)c(NC2=C(Cl)C(=O)N(c3ccc(OC)cc3)C2=O)c1. The number of nitrogens with one attached hydrogen (secondary N) is 2. The lowest BCUT2D eigenvalue weighted by Crippen LogP contribution is -2.32. The highest BCUT2D eigenvalue weighted by Crippen LogP contribution is 2.32. The Labute approximate surface area is 221 Å². The lowest BCUT2D eigenvalue weighted by molar-refractivity contribution is -0.120. The van der Waals surface area contributed by atoms with Gasteiger partial charge in [-0.3, -0.25) is 14.4 Å². The van der Waals surface area contributed by atoms with Crippen molar-refractivity contribution in [2.45, 2.75) is 33.6 Å². The first-order valence-corrected chi connectivity index (χ1v) is 12.4. The minimum atomic E-state index is -0.630. The number of para-hydroxylation sites is 1. The predicted molar refractivity (Wildman–Crippen MR) is 146 cm³/mol. The van der Waals surface area contributed by atoms with Crippen LogP contribution in [0.2, 0.25) is 0 Å². The number of halogens is 1.